The summed E-state index contributed by atoms with van der Waals surface area (Å²) in [5.41, 5.74) is 4.31. The van der Waals surface area contributed by atoms with E-state index in [-0.39, 0.29) is 5.83 Å². The van der Waals surface area contributed by atoms with Crippen LogP contribution in [0.2, 0.25) is 0 Å². The van der Waals surface area contributed by atoms with Gasteiger partial charge in [-0.1, -0.05) is 66.7 Å². The predicted molar refractivity (Wildman–Crippen MR) is 123 cm³/mol. The van der Waals surface area contributed by atoms with Crippen molar-refractivity contribution in [3.63, 3.8) is 0 Å². The highest BCUT2D eigenvalue weighted by Gasteiger charge is 2.10. The van der Waals surface area contributed by atoms with Crippen molar-refractivity contribution in [1.29, 1.82) is 0 Å². The van der Waals surface area contributed by atoms with E-state index in [1.807, 2.05) is 66.7 Å². The van der Waals surface area contributed by atoms with Gasteiger partial charge in [0.05, 0.1) is 13.2 Å². The summed E-state index contributed by atoms with van der Waals surface area (Å²) in [5.74, 6) is 0.760. The molecule has 0 N–H and O–H groups in total. The van der Waals surface area contributed by atoms with Crippen LogP contribution in [0.15, 0.2) is 90.8 Å². The second-order valence-corrected chi connectivity index (χ2v) is 7.74. The fourth-order valence-electron chi connectivity index (χ4n) is 3.56. The van der Waals surface area contributed by atoms with E-state index in [1.54, 1.807) is 6.08 Å². The number of nitrogens with zero attached hydrogens (tertiary/aromatic N) is 1. The van der Waals surface area contributed by atoms with Crippen LogP contribution in [-0.2, 0) is 17.6 Å². The van der Waals surface area contributed by atoms with Crippen molar-refractivity contribution < 1.29 is 13.9 Å². The molecule has 31 heavy (non-hydrogen) atoms. The molecular formula is C27H28FNO2. The third kappa shape index (κ3) is 6.51. The van der Waals surface area contributed by atoms with E-state index in [0.717, 1.165) is 54.3 Å². The molecule has 1 saturated heterocycles. The number of hydrogen-bond donors (Lipinski definition) is 0. The average Bonchev–Trinajstić information content (AvgIpc) is 2.84. The van der Waals surface area contributed by atoms with Gasteiger partial charge in [-0.05, 0) is 46.9 Å². The normalized spacial score (nSPS) is 15.1. The van der Waals surface area contributed by atoms with Gasteiger partial charge in [0.1, 0.15) is 18.3 Å². The van der Waals surface area contributed by atoms with Crippen LogP contribution < -0.4 is 4.74 Å². The predicted octanol–water partition coefficient (Wildman–Crippen LogP) is 5.66. The first-order valence-corrected chi connectivity index (χ1v) is 10.8. The third-order valence-electron chi connectivity index (χ3n) is 5.43. The van der Waals surface area contributed by atoms with E-state index < -0.39 is 0 Å². The van der Waals surface area contributed by atoms with E-state index in [1.165, 1.54) is 0 Å². The standard InChI is InChI=1S/C27H28FNO2/c28-26(13-8-22-4-2-1-3-5-22)20-23-6-9-24(10-7-23)25-11-14-27(15-12-25)31-21-29-16-18-30-19-17-29/h1-7,9-15H,8,16-21H2. The van der Waals surface area contributed by atoms with Crippen molar-refractivity contribution in [2.24, 2.45) is 0 Å². The van der Waals surface area contributed by atoms with E-state index in [0.29, 0.717) is 19.6 Å². The Morgan fingerprint density at radius 1 is 0.839 bits per heavy atom. The molecule has 160 valence electrons. The van der Waals surface area contributed by atoms with Gasteiger partial charge in [-0.25, -0.2) is 4.39 Å². The van der Waals surface area contributed by atoms with E-state index in [4.69, 9.17) is 9.47 Å². The quantitative estimate of drug-likeness (QED) is 0.472. The van der Waals surface area contributed by atoms with Crippen LogP contribution in [0.3, 0.4) is 0 Å². The molecule has 0 bridgehead atoms. The first-order valence-electron chi connectivity index (χ1n) is 10.8. The van der Waals surface area contributed by atoms with Gasteiger partial charge in [-0.3, -0.25) is 4.90 Å². The third-order valence-corrected chi connectivity index (χ3v) is 5.43. The van der Waals surface area contributed by atoms with Crippen molar-refractivity contribution in [2.75, 3.05) is 33.0 Å². The molecule has 0 aromatic heterocycles. The number of allylic oxidation sites excluding steroid dienone is 2. The van der Waals surface area contributed by atoms with Gasteiger partial charge in [0.15, 0.2) is 0 Å². The smallest absolute Gasteiger partial charge is 0.142 e. The Labute approximate surface area is 183 Å². The summed E-state index contributed by atoms with van der Waals surface area (Å²) >= 11 is 0. The minimum atomic E-state index is -0.0987. The highest BCUT2D eigenvalue weighted by Crippen LogP contribution is 2.24. The van der Waals surface area contributed by atoms with Crippen LogP contribution in [0.4, 0.5) is 4.39 Å². The average molecular weight is 418 g/mol. The van der Waals surface area contributed by atoms with Crippen LogP contribution in [-0.4, -0.2) is 37.9 Å². The lowest BCUT2D eigenvalue weighted by Crippen LogP contribution is -2.38. The lowest BCUT2D eigenvalue weighted by Gasteiger charge is -2.26. The lowest BCUT2D eigenvalue weighted by atomic mass is 10.0. The fraction of sp³-hybridized carbons (Fsp3) is 0.259. The lowest BCUT2D eigenvalue weighted by molar-refractivity contribution is 0.00408. The summed E-state index contributed by atoms with van der Waals surface area (Å²) < 4.78 is 25.5. The molecule has 4 rings (SSSR count). The molecule has 1 aliphatic heterocycles. The molecule has 0 unspecified atom stereocenters. The molecule has 3 aromatic carbocycles. The molecule has 1 aliphatic rings. The highest BCUT2D eigenvalue weighted by molar-refractivity contribution is 5.64. The maximum Gasteiger partial charge on any atom is 0.142 e. The first-order chi connectivity index (χ1) is 15.3. The van der Waals surface area contributed by atoms with Crippen molar-refractivity contribution in [2.45, 2.75) is 12.8 Å². The fourth-order valence-corrected chi connectivity index (χ4v) is 3.56. The van der Waals surface area contributed by atoms with Gasteiger partial charge in [0, 0.05) is 19.5 Å². The van der Waals surface area contributed by atoms with Crippen LogP contribution >= 0.6 is 0 Å². The van der Waals surface area contributed by atoms with Gasteiger partial charge in [-0.2, -0.15) is 0 Å². The van der Waals surface area contributed by atoms with Gasteiger partial charge < -0.3 is 9.47 Å². The Morgan fingerprint density at radius 2 is 1.48 bits per heavy atom. The van der Waals surface area contributed by atoms with Crippen molar-refractivity contribution in [3.8, 4) is 16.9 Å². The van der Waals surface area contributed by atoms with Crippen molar-refractivity contribution >= 4 is 0 Å². The first kappa shape index (κ1) is 21.3. The highest BCUT2D eigenvalue weighted by atomic mass is 19.1. The van der Waals surface area contributed by atoms with Crippen LogP contribution in [0, 0.1) is 0 Å². The minimum Gasteiger partial charge on any atom is -0.478 e. The number of hydrogen-bond acceptors (Lipinski definition) is 3. The van der Waals surface area contributed by atoms with E-state index in [2.05, 4.69) is 17.0 Å². The molecule has 0 aliphatic carbocycles. The molecule has 1 fully saturated rings. The van der Waals surface area contributed by atoms with E-state index in [9.17, 15) is 4.39 Å². The van der Waals surface area contributed by atoms with Gasteiger partial charge >= 0.3 is 0 Å². The van der Waals surface area contributed by atoms with Crippen molar-refractivity contribution in [1.82, 2.24) is 4.90 Å². The Hall–Kier alpha value is -2.95. The summed E-state index contributed by atoms with van der Waals surface area (Å²) in [6.45, 7) is 3.94. The van der Waals surface area contributed by atoms with Crippen LogP contribution in [0.5, 0.6) is 5.75 Å². The molecular weight excluding hydrogens is 389 g/mol. The number of benzene rings is 3. The molecule has 0 amide bonds. The second kappa shape index (κ2) is 10.9. The topological polar surface area (TPSA) is 21.7 Å². The molecule has 4 heteroatoms. The minimum absolute atomic E-state index is 0.0987. The molecule has 1 heterocycles. The van der Waals surface area contributed by atoms with Crippen LogP contribution in [0.25, 0.3) is 11.1 Å². The zero-order valence-electron chi connectivity index (χ0n) is 17.7. The Bertz CT molecular complexity index is 962. The van der Waals surface area contributed by atoms with Crippen LogP contribution in [0.1, 0.15) is 11.1 Å². The number of rotatable bonds is 8. The number of morpholine rings is 1. The summed E-state index contributed by atoms with van der Waals surface area (Å²) in [5, 5.41) is 0. The molecule has 0 spiro atoms. The zero-order chi connectivity index (χ0) is 21.3. The van der Waals surface area contributed by atoms with Gasteiger partial charge in [-0.15, -0.1) is 0 Å². The number of halogens is 1. The summed E-state index contributed by atoms with van der Waals surface area (Å²) in [7, 11) is 0. The maximum absolute atomic E-state index is 14.3. The summed E-state index contributed by atoms with van der Waals surface area (Å²) in [4.78, 5) is 2.24. The second-order valence-electron chi connectivity index (χ2n) is 7.74. The van der Waals surface area contributed by atoms with Gasteiger partial charge in [0.2, 0.25) is 0 Å². The Balaban J connectivity index is 1.30. The zero-order valence-corrected chi connectivity index (χ0v) is 17.7. The molecule has 3 aromatic rings. The molecule has 0 radical (unpaired) electrons. The summed E-state index contributed by atoms with van der Waals surface area (Å²) in [6.07, 6.45) is 2.60. The van der Waals surface area contributed by atoms with E-state index >= 15 is 0 Å². The molecule has 0 saturated carbocycles. The Kier molecular flexibility index (Phi) is 7.48. The molecule has 3 nitrogen and oxygen atoms in total. The largest absolute Gasteiger partial charge is 0.478 e. The van der Waals surface area contributed by atoms with Gasteiger partial charge in [0.25, 0.3) is 0 Å². The Morgan fingerprint density at radius 3 is 2.16 bits per heavy atom. The monoisotopic (exact) mass is 417 g/mol. The maximum atomic E-state index is 14.3. The number of ether oxygens (including phenoxy) is 2. The SMILES string of the molecule is FC(=CCc1ccccc1)Cc1ccc(-c2ccc(OCN3CCOCC3)cc2)cc1. The van der Waals surface area contributed by atoms with Crippen molar-refractivity contribution in [3.05, 3.63) is 102 Å². The summed E-state index contributed by atoms with van der Waals surface area (Å²) in [6, 6.07) is 26.1. The molecule has 0 atom stereocenters.